The van der Waals surface area contributed by atoms with Gasteiger partial charge >= 0.3 is 6.09 Å². The molecule has 1 heterocycles. The summed E-state index contributed by atoms with van der Waals surface area (Å²) in [6, 6.07) is 9.04. The number of rotatable bonds is 4. The summed E-state index contributed by atoms with van der Waals surface area (Å²) in [5, 5.41) is 0. The molecule has 6 heteroatoms. The molecule has 6 nitrogen and oxygen atoms in total. The van der Waals surface area contributed by atoms with Crippen LogP contribution in [0.5, 0.6) is 0 Å². The quantitative estimate of drug-likeness (QED) is 0.630. The van der Waals surface area contributed by atoms with Crippen molar-refractivity contribution in [1.29, 1.82) is 0 Å². The Morgan fingerprint density at radius 3 is 2.48 bits per heavy atom. The third-order valence-corrected chi connectivity index (χ3v) is 3.57. The number of amides is 3. The van der Waals surface area contributed by atoms with Crippen LogP contribution in [0.25, 0.3) is 5.76 Å². The molecule has 2 rings (SSSR count). The van der Waals surface area contributed by atoms with Crippen LogP contribution in [0.1, 0.15) is 18.9 Å². The van der Waals surface area contributed by atoms with E-state index in [0.717, 1.165) is 0 Å². The number of ether oxygens (including phenoxy) is 1. The van der Waals surface area contributed by atoms with Gasteiger partial charge in [0.05, 0.1) is 5.92 Å². The van der Waals surface area contributed by atoms with E-state index in [1.54, 1.807) is 39.2 Å². The zero-order chi connectivity index (χ0) is 17.0. The highest BCUT2D eigenvalue weighted by atomic mass is 16.6. The monoisotopic (exact) mass is 316 g/mol. The number of carbonyl (C=O) groups is 3. The first kappa shape index (κ1) is 16.7. The molecule has 0 aromatic heterocycles. The van der Waals surface area contributed by atoms with Crippen LogP contribution in [0, 0.1) is 5.92 Å². The van der Waals surface area contributed by atoms with Gasteiger partial charge in [0.1, 0.15) is 5.76 Å². The highest BCUT2D eigenvalue weighted by Gasteiger charge is 2.36. The smallest absolute Gasteiger partial charge is 0.410 e. The first-order valence-electron chi connectivity index (χ1n) is 7.44. The molecule has 0 N–H and O–H groups in total. The lowest BCUT2D eigenvalue weighted by molar-refractivity contribution is -0.138. The molecule has 1 fully saturated rings. The molecule has 1 aliphatic rings. The van der Waals surface area contributed by atoms with Crippen molar-refractivity contribution >= 4 is 23.7 Å². The predicted molar refractivity (Wildman–Crippen MR) is 85.1 cm³/mol. The fourth-order valence-electron chi connectivity index (χ4n) is 2.33. The minimum absolute atomic E-state index is 0.0997. The van der Waals surface area contributed by atoms with E-state index in [-0.39, 0.29) is 24.0 Å². The van der Waals surface area contributed by atoms with Crippen LogP contribution in [-0.4, -0.2) is 48.3 Å². The van der Waals surface area contributed by atoms with Gasteiger partial charge in [0.2, 0.25) is 11.8 Å². The summed E-state index contributed by atoms with van der Waals surface area (Å²) < 4.78 is 5.38. The first-order valence-corrected chi connectivity index (χ1v) is 7.44. The molecule has 1 unspecified atom stereocenters. The van der Waals surface area contributed by atoms with E-state index in [2.05, 4.69) is 0 Å². The van der Waals surface area contributed by atoms with E-state index in [4.69, 9.17) is 4.74 Å². The third kappa shape index (κ3) is 3.77. The average Bonchev–Trinajstić information content (AvgIpc) is 2.80. The molecule has 1 atom stereocenters. The number of hydrogen-bond donors (Lipinski definition) is 0. The maximum atomic E-state index is 12.2. The summed E-state index contributed by atoms with van der Waals surface area (Å²) in [7, 11) is 3.15. The van der Waals surface area contributed by atoms with Crippen LogP contribution >= 0.6 is 0 Å². The molecular formula is C17H20N2O4. The molecule has 3 amide bonds. The Morgan fingerprint density at radius 1 is 1.30 bits per heavy atom. The van der Waals surface area contributed by atoms with Gasteiger partial charge in [-0.1, -0.05) is 30.3 Å². The summed E-state index contributed by atoms with van der Waals surface area (Å²) in [4.78, 5) is 38.5. The van der Waals surface area contributed by atoms with Gasteiger partial charge in [0.15, 0.2) is 0 Å². The Hall–Kier alpha value is -2.63. The van der Waals surface area contributed by atoms with Crippen LogP contribution in [0.2, 0.25) is 0 Å². The van der Waals surface area contributed by atoms with E-state index in [0.29, 0.717) is 12.1 Å². The van der Waals surface area contributed by atoms with Crippen molar-refractivity contribution in [1.82, 2.24) is 9.80 Å². The van der Waals surface area contributed by atoms with E-state index < -0.39 is 12.0 Å². The Labute approximate surface area is 135 Å². The number of hydrogen-bond acceptors (Lipinski definition) is 4. The maximum absolute atomic E-state index is 12.2. The fraction of sp³-hybridized carbons (Fsp3) is 0.353. The van der Waals surface area contributed by atoms with E-state index in [1.165, 1.54) is 9.80 Å². The second kappa shape index (κ2) is 7.09. The molecule has 0 spiro atoms. The molecule has 0 saturated carbocycles. The van der Waals surface area contributed by atoms with Crippen molar-refractivity contribution in [3.8, 4) is 0 Å². The predicted octanol–water partition coefficient (Wildman–Crippen LogP) is 2.12. The van der Waals surface area contributed by atoms with E-state index in [9.17, 15) is 14.4 Å². The number of imide groups is 1. The normalized spacial score (nSPS) is 18.3. The lowest BCUT2D eigenvalue weighted by atomic mass is 10.0. The van der Waals surface area contributed by atoms with E-state index >= 15 is 0 Å². The minimum atomic E-state index is -0.604. The molecule has 0 aliphatic carbocycles. The zero-order valence-corrected chi connectivity index (χ0v) is 13.5. The first-order chi connectivity index (χ1) is 10.9. The van der Waals surface area contributed by atoms with Crippen LogP contribution in [-0.2, 0) is 14.3 Å². The summed E-state index contributed by atoms with van der Waals surface area (Å²) in [6.07, 6.45) is 1.12. The number of nitrogens with zero attached hydrogens (tertiary/aromatic N) is 2. The second-order valence-electron chi connectivity index (χ2n) is 5.45. The van der Waals surface area contributed by atoms with Gasteiger partial charge in [-0.15, -0.1) is 0 Å². The van der Waals surface area contributed by atoms with Crippen molar-refractivity contribution < 1.29 is 19.1 Å². The second-order valence-corrected chi connectivity index (χ2v) is 5.45. The molecule has 1 saturated heterocycles. The SMILES string of the molecule is CCN1C(=O)CC(/C=C(\OC(=O)N(C)C)c2ccccc2)C1=O. The van der Waals surface area contributed by atoms with Crippen molar-refractivity contribution in [2.45, 2.75) is 13.3 Å². The van der Waals surface area contributed by atoms with Crippen molar-refractivity contribution in [3.05, 3.63) is 42.0 Å². The summed E-state index contributed by atoms with van der Waals surface area (Å²) in [5.41, 5.74) is 0.679. The molecule has 1 aromatic carbocycles. The summed E-state index contributed by atoms with van der Waals surface area (Å²) in [6.45, 7) is 2.10. The molecule has 0 radical (unpaired) electrons. The average molecular weight is 316 g/mol. The number of likely N-dealkylation sites (tertiary alicyclic amines) is 1. The van der Waals surface area contributed by atoms with Gasteiger partial charge in [-0.2, -0.15) is 0 Å². The largest absolute Gasteiger partial charge is 0.414 e. The Morgan fingerprint density at radius 2 is 1.96 bits per heavy atom. The van der Waals surface area contributed by atoms with Gasteiger partial charge in [0.25, 0.3) is 0 Å². The van der Waals surface area contributed by atoms with Crippen LogP contribution in [0.3, 0.4) is 0 Å². The highest BCUT2D eigenvalue weighted by molar-refractivity contribution is 6.05. The Balaban J connectivity index is 2.32. The van der Waals surface area contributed by atoms with E-state index in [1.807, 2.05) is 18.2 Å². The third-order valence-electron chi connectivity index (χ3n) is 3.57. The van der Waals surface area contributed by atoms with Gasteiger partial charge < -0.3 is 9.64 Å². The van der Waals surface area contributed by atoms with Crippen molar-refractivity contribution in [2.24, 2.45) is 5.92 Å². The standard InChI is InChI=1S/C17H20N2O4/c1-4-19-15(20)11-13(16(19)21)10-14(23-17(22)18(2)3)12-8-6-5-7-9-12/h5-10,13H,4,11H2,1-3H3/b14-10-. The zero-order valence-electron chi connectivity index (χ0n) is 13.5. The molecule has 0 bridgehead atoms. The van der Waals surface area contributed by atoms with Gasteiger partial charge in [-0.05, 0) is 13.0 Å². The molecule has 23 heavy (non-hydrogen) atoms. The lowest BCUT2D eigenvalue weighted by Crippen LogP contribution is -2.30. The Bertz CT molecular complexity index is 637. The lowest BCUT2D eigenvalue weighted by Gasteiger charge is -2.15. The fourth-order valence-corrected chi connectivity index (χ4v) is 2.33. The topological polar surface area (TPSA) is 66.9 Å². The summed E-state index contributed by atoms with van der Waals surface area (Å²) in [5.74, 6) is -0.780. The van der Waals surface area contributed by atoms with Gasteiger partial charge in [-0.3, -0.25) is 14.5 Å². The molecular weight excluding hydrogens is 296 g/mol. The molecule has 1 aliphatic heterocycles. The highest BCUT2D eigenvalue weighted by Crippen LogP contribution is 2.26. The van der Waals surface area contributed by atoms with Crippen molar-refractivity contribution in [3.63, 3.8) is 0 Å². The van der Waals surface area contributed by atoms with Crippen LogP contribution in [0.15, 0.2) is 36.4 Å². The van der Waals surface area contributed by atoms with Crippen molar-refractivity contribution in [2.75, 3.05) is 20.6 Å². The van der Waals surface area contributed by atoms with Crippen LogP contribution in [0.4, 0.5) is 4.79 Å². The number of benzene rings is 1. The van der Waals surface area contributed by atoms with Gasteiger partial charge in [-0.25, -0.2) is 4.79 Å². The van der Waals surface area contributed by atoms with Gasteiger partial charge in [0, 0.05) is 32.6 Å². The minimum Gasteiger partial charge on any atom is -0.410 e. The maximum Gasteiger partial charge on any atom is 0.414 e. The molecule has 1 aromatic rings. The van der Waals surface area contributed by atoms with Crippen LogP contribution < -0.4 is 0 Å². The summed E-state index contributed by atoms with van der Waals surface area (Å²) >= 11 is 0. The Kier molecular flexibility index (Phi) is 5.16. The molecule has 122 valence electrons. The number of carbonyl (C=O) groups excluding carboxylic acids is 3.